The maximum absolute atomic E-state index is 13.3. The number of ether oxygens (including phenoxy) is 1. The lowest BCUT2D eigenvalue weighted by Gasteiger charge is -2.27. The van der Waals surface area contributed by atoms with Crippen LogP contribution in [0.3, 0.4) is 0 Å². The molecule has 2 atom stereocenters. The zero-order valence-corrected chi connectivity index (χ0v) is 15.4. The molecule has 130 valence electrons. The number of nitrogens with zero attached hydrogens (tertiary/aromatic N) is 1. The Hall–Kier alpha value is -2.47. The standard InChI is InChI=1S/C19H20FNO3Si/c1-25(2,3)17-12-24-19(14-6-10-16(11-7-14)21(22)23)18(17)13-4-8-15(20)9-5-13/h4-12,18-19H,1-3H3/t18-,19+/m0/s1. The lowest BCUT2D eigenvalue weighted by atomic mass is 9.90. The van der Waals surface area contributed by atoms with E-state index in [0.717, 1.165) is 11.1 Å². The van der Waals surface area contributed by atoms with Crippen LogP contribution in [0.5, 0.6) is 0 Å². The van der Waals surface area contributed by atoms with Crippen LogP contribution in [0.4, 0.5) is 10.1 Å². The topological polar surface area (TPSA) is 52.4 Å². The summed E-state index contributed by atoms with van der Waals surface area (Å²) in [5.74, 6) is -0.276. The summed E-state index contributed by atoms with van der Waals surface area (Å²) in [7, 11) is -1.65. The maximum Gasteiger partial charge on any atom is 0.269 e. The Morgan fingerprint density at radius 1 is 1.00 bits per heavy atom. The van der Waals surface area contributed by atoms with Crippen molar-refractivity contribution in [2.24, 2.45) is 0 Å². The Labute approximate surface area is 147 Å². The first kappa shape index (κ1) is 17.4. The van der Waals surface area contributed by atoms with Gasteiger partial charge in [0.1, 0.15) is 11.9 Å². The van der Waals surface area contributed by atoms with E-state index in [0.29, 0.717) is 0 Å². The Kier molecular flexibility index (Phi) is 4.47. The Morgan fingerprint density at radius 3 is 2.08 bits per heavy atom. The number of rotatable bonds is 4. The maximum atomic E-state index is 13.3. The third-order valence-corrected chi connectivity index (χ3v) is 6.67. The molecule has 0 radical (unpaired) electrons. The van der Waals surface area contributed by atoms with Gasteiger partial charge in [0.2, 0.25) is 0 Å². The zero-order valence-electron chi connectivity index (χ0n) is 14.4. The summed E-state index contributed by atoms with van der Waals surface area (Å²) < 4.78 is 19.3. The number of hydrogen-bond acceptors (Lipinski definition) is 3. The van der Waals surface area contributed by atoms with Gasteiger partial charge < -0.3 is 4.74 Å². The van der Waals surface area contributed by atoms with Crippen LogP contribution in [0.15, 0.2) is 60.0 Å². The predicted molar refractivity (Wildman–Crippen MR) is 97.5 cm³/mol. The van der Waals surface area contributed by atoms with Crippen LogP contribution in [-0.2, 0) is 4.74 Å². The molecule has 0 aromatic heterocycles. The molecule has 0 saturated carbocycles. The lowest BCUT2D eigenvalue weighted by molar-refractivity contribution is -0.384. The van der Waals surface area contributed by atoms with Crippen LogP contribution in [0.1, 0.15) is 23.1 Å². The van der Waals surface area contributed by atoms with Gasteiger partial charge in [0, 0.05) is 18.1 Å². The Bertz CT molecular complexity index is 810. The molecule has 0 spiro atoms. The number of nitro groups is 1. The number of benzene rings is 2. The highest BCUT2D eigenvalue weighted by molar-refractivity contribution is 6.83. The third kappa shape index (κ3) is 3.49. The molecule has 0 aliphatic carbocycles. The van der Waals surface area contributed by atoms with Crippen LogP contribution in [-0.4, -0.2) is 13.0 Å². The van der Waals surface area contributed by atoms with Crippen molar-refractivity contribution in [1.29, 1.82) is 0 Å². The summed E-state index contributed by atoms with van der Waals surface area (Å²) in [4.78, 5) is 10.5. The van der Waals surface area contributed by atoms with Gasteiger partial charge in [-0.15, -0.1) is 0 Å². The highest BCUT2D eigenvalue weighted by Gasteiger charge is 2.40. The van der Waals surface area contributed by atoms with Crippen LogP contribution in [0.25, 0.3) is 0 Å². The van der Waals surface area contributed by atoms with Crippen molar-refractivity contribution in [1.82, 2.24) is 0 Å². The molecular weight excluding hydrogens is 337 g/mol. The summed E-state index contributed by atoms with van der Waals surface area (Å²) in [5.41, 5.74) is 1.93. The fraction of sp³-hybridized carbons (Fsp3) is 0.263. The minimum absolute atomic E-state index is 0.00581. The first-order chi connectivity index (χ1) is 11.8. The zero-order chi connectivity index (χ0) is 18.2. The average molecular weight is 357 g/mol. The van der Waals surface area contributed by atoms with Gasteiger partial charge in [-0.25, -0.2) is 4.39 Å². The number of hydrogen-bond donors (Lipinski definition) is 0. The lowest BCUT2D eigenvalue weighted by Crippen LogP contribution is -2.28. The molecule has 3 rings (SSSR count). The second-order valence-electron chi connectivity index (χ2n) is 7.26. The summed E-state index contributed by atoms with van der Waals surface area (Å²) >= 11 is 0. The van der Waals surface area contributed by atoms with E-state index >= 15 is 0 Å². The molecule has 4 nitrogen and oxygen atoms in total. The van der Waals surface area contributed by atoms with E-state index in [1.807, 2.05) is 6.26 Å². The molecule has 0 unspecified atom stereocenters. The van der Waals surface area contributed by atoms with E-state index in [-0.39, 0.29) is 23.5 Å². The Balaban J connectivity index is 2.01. The second kappa shape index (κ2) is 6.44. The van der Waals surface area contributed by atoms with E-state index in [2.05, 4.69) is 19.6 Å². The highest BCUT2D eigenvalue weighted by Crippen LogP contribution is 2.47. The highest BCUT2D eigenvalue weighted by atomic mass is 28.3. The van der Waals surface area contributed by atoms with Gasteiger partial charge >= 0.3 is 0 Å². The molecule has 1 heterocycles. The van der Waals surface area contributed by atoms with Gasteiger partial charge in [-0.2, -0.15) is 0 Å². The molecule has 2 aromatic rings. The van der Waals surface area contributed by atoms with Crippen molar-refractivity contribution in [3.63, 3.8) is 0 Å². The summed E-state index contributed by atoms with van der Waals surface area (Å²) in [6.07, 6.45) is 1.58. The molecule has 0 N–H and O–H groups in total. The van der Waals surface area contributed by atoms with Gasteiger partial charge in [0.15, 0.2) is 0 Å². The van der Waals surface area contributed by atoms with Crippen molar-refractivity contribution in [3.8, 4) is 0 Å². The molecule has 0 saturated heterocycles. The first-order valence-corrected chi connectivity index (χ1v) is 11.6. The minimum Gasteiger partial charge on any atom is -0.493 e. The van der Waals surface area contributed by atoms with Crippen molar-refractivity contribution in [2.75, 3.05) is 0 Å². The van der Waals surface area contributed by atoms with Crippen molar-refractivity contribution in [2.45, 2.75) is 31.7 Å². The van der Waals surface area contributed by atoms with E-state index < -0.39 is 13.0 Å². The van der Waals surface area contributed by atoms with Gasteiger partial charge in [-0.1, -0.05) is 31.8 Å². The monoisotopic (exact) mass is 357 g/mol. The van der Waals surface area contributed by atoms with E-state index in [1.54, 1.807) is 24.3 Å². The number of halogens is 1. The molecule has 25 heavy (non-hydrogen) atoms. The van der Waals surface area contributed by atoms with Gasteiger partial charge in [-0.3, -0.25) is 10.1 Å². The van der Waals surface area contributed by atoms with Crippen LogP contribution in [0, 0.1) is 15.9 Å². The van der Waals surface area contributed by atoms with Crippen molar-refractivity contribution >= 4 is 13.8 Å². The molecule has 0 bridgehead atoms. The quantitative estimate of drug-likeness (QED) is 0.421. The molecule has 6 heteroatoms. The summed E-state index contributed by atoms with van der Waals surface area (Å²) in [6.45, 7) is 6.74. The minimum atomic E-state index is -1.65. The normalized spacial score (nSPS) is 20.1. The molecule has 2 aromatic carbocycles. The smallest absolute Gasteiger partial charge is 0.269 e. The van der Waals surface area contributed by atoms with Gasteiger partial charge in [-0.05, 0) is 40.6 Å². The van der Waals surface area contributed by atoms with Crippen LogP contribution < -0.4 is 0 Å². The van der Waals surface area contributed by atoms with E-state index in [9.17, 15) is 14.5 Å². The molecule has 1 aliphatic heterocycles. The predicted octanol–water partition coefficient (Wildman–Crippen LogP) is 5.35. The molecule has 0 amide bonds. The molecular formula is C19H20FNO3Si. The fourth-order valence-corrected chi connectivity index (χ4v) is 4.86. The fourth-order valence-electron chi connectivity index (χ4n) is 3.19. The second-order valence-corrected chi connectivity index (χ2v) is 12.3. The summed E-state index contributed by atoms with van der Waals surface area (Å²) in [6, 6.07) is 13.0. The van der Waals surface area contributed by atoms with Crippen molar-refractivity contribution in [3.05, 3.63) is 87.0 Å². The average Bonchev–Trinajstić information content (AvgIpc) is 3.01. The van der Waals surface area contributed by atoms with Gasteiger partial charge in [0.25, 0.3) is 5.69 Å². The number of nitro benzene ring substituents is 1. The van der Waals surface area contributed by atoms with E-state index in [1.165, 1.54) is 29.5 Å². The van der Waals surface area contributed by atoms with Crippen LogP contribution in [0.2, 0.25) is 19.6 Å². The number of non-ortho nitro benzene ring substituents is 1. The molecule has 1 aliphatic rings. The third-order valence-electron chi connectivity index (χ3n) is 4.51. The van der Waals surface area contributed by atoms with Gasteiger partial charge in [0.05, 0.1) is 19.3 Å². The molecule has 0 fully saturated rings. The van der Waals surface area contributed by atoms with Crippen molar-refractivity contribution < 1.29 is 14.1 Å². The SMILES string of the molecule is C[Si](C)(C)C1=CO[C@H](c2ccc([N+](=O)[O-])cc2)[C@H]1c1ccc(F)cc1. The summed E-state index contributed by atoms with van der Waals surface area (Å²) in [5, 5.41) is 12.1. The largest absolute Gasteiger partial charge is 0.493 e. The van der Waals surface area contributed by atoms with Crippen LogP contribution >= 0.6 is 0 Å². The first-order valence-electron chi connectivity index (χ1n) is 8.13. The Morgan fingerprint density at radius 2 is 1.56 bits per heavy atom. The van der Waals surface area contributed by atoms with E-state index in [4.69, 9.17) is 4.74 Å².